The first-order valence-electron chi connectivity index (χ1n) is 20.7. The predicted octanol–water partition coefficient (Wildman–Crippen LogP) is -0.300. The summed E-state index contributed by atoms with van der Waals surface area (Å²) < 4.78 is 0. The minimum Gasteiger partial charge on any atom is 0 e. The van der Waals surface area contributed by atoms with Gasteiger partial charge in [-0.2, -0.15) is 0 Å². The summed E-state index contributed by atoms with van der Waals surface area (Å²) >= 11 is 9.67. The number of rotatable bonds is 0. The van der Waals surface area contributed by atoms with E-state index in [9.17, 15) is 0 Å². The normalized spacial score (nSPS) is 7.90. The monoisotopic (exact) mass is 4000 g/mol. The molecule has 0 aromatic heterocycles. The van der Waals surface area contributed by atoms with Gasteiger partial charge in [-0.25, -0.2) is 0 Å². The fraction of sp³-hybridized carbons (Fsp3) is 0. The van der Waals surface area contributed by atoms with Crippen molar-refractivity contribution in [3.63, 3.8) is 0 Å². The molecule has 0 N–H and O–H groups in total. The van der Waals surface area contributed by atoms with E-state index in [1.807, 2.05) is 968 Å². The molecule has 0 unspecified atom stereocenters. The second-order valence-electron chi connectivity index (χ2n) is 8.37. The summed E-state index contributed by atoms with van der Waals surface area (Å²) in [6.45, 7) is 0. The average molecular weight is 4010 g/mol. The molecule has 0 bridgehead atoms. The van der Waals surface area contributed by atoms with Crippen LogP contribution in [0.4, 0.5) is 0 Å². The lowest BCUT2D eigenvalue weighted by atomic mass is 30.7. The fourth-order valence-electron chi connectivity index (χ4n) is 1.37. The highest BCUT2D eigenvalue weighted by Crippen LogP contribution is 1.53. The molecule has 0 aliphatic heterocycles. The van der Waals surface area contributed by atoms with Gasteiger partial charge in [-0.15, -0.1) is 0 Å². The van der Waals surface area contributed by atoms with E-state index >= 15 is 0 Å². The Labute approximate surface area is 1080 Å². The van der Waals surface area contributed by atoms with Gasteiger partial charge in [-0.1, -0.05) is 0 Å². The van der Waals surface area contributed by atoms with Gasteiger partial charge in [-0.05, 0) is 0 Å². The minimum absolute atomic E-state index is 1.37. The molecule has 0 aromatic rings. The highest BCUT2D eigenvalue weighted by Gasteiger charge is 1.53. The second kappa shape index (κ2) is 151. The van der Waals surface area contributed by atoms with E-state index in [0.717, 1.165) is 0 Å². The maximum Gasteiger partial charge on any atom is 0 e. The summed E-state index contributed by atoms with van der Waals surface area (Å²) in [7, 11) is 223. The number of hydrogen-bond donors (Lipinski definition) is 0. The SMILES string of the molecule is S=S=S=S=S=S=S=S=S=S=S=S=S=S=S=S=S=S=S=S=S=S=S=S=S=S=S=S=S=S=S=S=S=S=S=S=S=S=S=S=S=S=S=S=S=S=S=S=S=S=S=S=S=S=S=S=S=S=S=S=S=S=S=S=S=S=S=S=S=S=S=S=S=S=S=S=S=S=S=S=S=S=S=S=S=S=S=S=S=S=S=S=S=S=S=S=S=S=S=S=S=S=S=S=S=S=S=S=S=S=S=S=S=S=S=S=S=S=S=S=S=S=S=S=S. The Bertz CT molecular complexity index is 9360. The quantitative estimate of drug-likeness (QED) is 0.328. The lowest BCUT2D eigenvalue weighted by Crippen LogP contribution is -1.42. The summed E-state index contributed by atoms with van der Waals surface area (Å²) in [5.41, 5.74) is 0. The van der Waals surface area contributed by atoms with Gasteiger partial charge >= 0.3 is 0 Å². The Balaban J connectivity index is 6.20. The molecular formula is S125. The van der Waals surface area contributed by atoms with Crippen molar-refractivity contribution in [2.24, 2.45) is 0 Å². The molecule has 125 heteroatoms. The number of hydrogen-bond acceptors (Lipinski definition) is 2. The molecule has 0 aliphatic rings. The van der Waals surface area contributed by atoms with Crippen LogP contribution in [-0.2, 0) is 1110 Å². The lowest BCUT2D eigenvalue weighted by Gasteiger charge is -1.41. The maximum atomic E-state index is 4.83. The van der Waals surface area contributed by atoms with E-state index in [1.54, 1.807) is 107 Å². The van der Waals surface area contributed by atoms with E-state index in [2.05, 4.69) is 0 Å². The highest BCUT2D eigenvalue weighted by molar-refractivity contribution is 8.90. The Morgan fingerprint density at radius 2 is 0.0640 bits per heavy atom. The first-order valence-corrected chi connectivity index (χ1v) is 186. The zero-order valence-corrected chi connectivity index (χ0v) is 153. The van der Waals surface area contributed by atoms with Gasteiger partial charge in [0, 0.05) is 1110 Å². The smallest absolute Gasteiger partial charge is 0 e. The average Bonchev–Trinajstić information content (AvgIpc) is 1.66. The van der Waals surface area contributed by atoms with Gasteiger partial charge in [0.15, 0.2) is 0 Å². The first-order chi connectivity index (χ1) is 62.4. The molecule has 0 saturated carbocycles. The van der Waals surface area contributed by atoms with Crippen LogP contribution in [0.5, 0.6) is 0 Å². The predicted molar refractivity (Wildman–Crippen MR) is 921 cm³/mol. The van der Waals surface area contributed by atoms with Crippen molar-refractivity contribution < 1.29 is 0 Å². The van der Waals surface area contributed by atoms with Crippen LogP contribution in [0.2, 0.25) is 0 Å². The zero-order chi connectivity index (χ0) is 89.0. The van der Waals surface area contributed by atoms with Crippen LogP contribution in [0, 0.1) is 0 Å². The van der Waals surface area contributed by atoms with Gasteiger partial charge in [0.1, 0.15) is 0 Å². The van der Waals surface area contributed by atoms with Crippen LogP contribution in [-0.4, -0.2) is 0 Å². The van der Waals surface area contributed by atoms with Crippen molar-refractivity contribution in [3.05, 3.63) is 0 Å². The van der Waals surface area contributed by atoms with Gasteiger partial charge in [-0.3, -0.25) is 0 Å². The summed E-state index contributed by atoms with van der Waals surface area (Å²) in [6, 6.07) is 0. The second-order valence-corrected chi connectivity index (χ2v) is 226. The first kappa shape index (κ1) is 152. The molecule has 0 fully saturated rings. The molecule has 0 radical (unpaired) electrons. The van der Waals surface area contributed by atoms with Crippen LogP contribution in [0.3, 0.4) is 0 Å². The van der Waals surface area contributed by atoms with Crippen molar-refractivity contribution >= 4 is 1110 Å². The Kier molecular flexibility index (Phi) is 185. The van der Waals surface area contributed by atoms with Crippen molar-refractivity contribution in [1.29, 1.82) is 0 Å². The van der Waals surface area contributed by atoms with Gasteiger partial charge in [0.05, 0.1) is 0 Å². The van der Waals surface area contributed by atoms with Crippen LogP contribution < -0.4 is 0 Å². The molecule has 750 valence electrons. The largest absolute Gasteiger partial charge is 0 e. The highest BCUT2D eigenvalue weighted by atomic mass is 33.6. The molecule has 0 amide bonds. The molecular weight excluding hydrogens is 4010 g/mol. The molecule has 0 spiro atoms. The fourth-order valence-corrected chi connectivity index (χ4v) is 333. The van der Waals surface area contributed by atoms with E-state index < -0.39 is 0 Å². The molecule has 125 heavy (non-hydrogen) atoms. The molecule has 0 atom stereocenters. The van der Waals surface area contributed by atoms with E-state index in [1.165, 1.54) is 17.8 Å². The van der Waals surface area contributed by atoms with Crippen LogP contribution >= 0.6 is 0 Å². The molecule has 0 aliphatic carbocycles. The maximum absolute atomic E-state index is 4.83. The van der Waals surface area contributed by atoms with Gasteiger partial charge in [0.2, 0.25) is 0 Å². The minimum atomic E-state index is 1.37. The Morgan fingerprint density at radius 3 is 0.0880 bits per heavy atom. The van der Waals surface area contributed by atoms with E-state index in [0.29, 0.717) is 0 Å². The standard InChI is InChI=1S/S125/c1-3-5-7-9-11-13-15-17-19-21-23-25-27-29-31-33-35-37-39-41-43-45-47-49-51-53-55-57-59-61-63-65-67-69-71-73-75-77-79-81-83-85-87-89-91-93-95-97-99-101-103-105-107-109-111-113-115-117-119-121-123-125-124-122-120-118-116-114-112-110-108-106-104-102-100-98-96-94-92-90-88-86-84-82-80-78-76-74-72-70-68-66-64-62-60-58-56-54-52-50-48-46-44-42-40-38-36-34-32-30-28-26-24-22-20-18-16-14-12-10-8-6-4-2. The Morgan fingerprint density at radius 1 is 0.0400 bits per heavy atom. The molecule has 0 rings (SSSR count). The Hall–Kier alpha value is 27.5. The summed E-state index contributed by atoms with van der Waals surface area (Å²) in [5, 5.41) is 0. The van der Waals surface area contributed by atoms with Crippen molar-refractivity contribution in [3.8, 4) is 0 Å². The molecule has 0 nitrogen and oxygen atoms in total. The summed E-state index contributed by atoms with van der Waals surface area (Å²) in [6.07, 6.45) is 0. The molecule has 0 saturated heterocycles. The summed E-state index contributed by atoms with van der Waals surface area (Å²) in [5.74, 6) is 0. The summed E-state index contributed by atoms with van der Waals surface area (Å²) in [4.78, 5) is 0. The molecule has 0 aromatic carbocycles. The van der Waals surface area contributed by atoms with Crippen LogP contribution in [0.1, 0.15) is 0 Å². The van der Waals surface area contributed by atoms with Crippen molar-refractivity contribution in [1.82, 2.24) is 0 Å². The van der Waals surface area contributed by atoms with E-state index in [-0.39, 0.29) is 0 Å². The van der Waals surface area contributed by atoms with Crippen molar-refractivity contribution in [2.45, 2.75) is 0 Å². The third kappa shape index (κ3) is 151. The van der Waals surface area contributed by atoms with Crippen LogP contribution in [0.25, 0.3) is 0 Å². The van der Waals surface area contributed by atoms with Crippen LogP contribution in [0.15, 0.2) is 0 Å². The third-order valence-electron chi connectivity index (χ3n) is 3.39. The lowest BCUT2D eigenvalue weighted by molar-refractivity contribution is 5.95. The van der Waals surface area contributed by atoms with Gasteiger partial charge < -0.3 is 0 Å². The third-order valence-corrected chi connectivity index (χ3v) is 274. The van der Waals surface area contributed by atoms with E-state index in [4.69, 9.17) is 22.4 Å². The van der Waals surface area contributed by atoms with Gasteiger partial charge in [0.25, 0.3) is 0 Å². The zero-order valence-electron chi connectivity index (χ0n) is 51.0. The molecule has 0 heterocycles. The van der Waals surface area contributed by atoms with Crippen molar-refractivity contribution in [2.75, 3.05) is 0 Å². The topological polar surface area (TPSA) is 0 Å².